The summed E-state index contributed by atoms with van der Waals surface area (Å²) >= 11 is 0. The molecule has 4 heterocycles. The van der Waals surface area contributed by atoms with Crippen LogP contribution in [0.3, 0.4) is 0 Å². The summed E-state index contributed by atoms with van der Waals surface area (Å²) in [6.45, 7) is 8.02. The summed E-state index contributed by atoms with van der Waals surface area (Å²) in [5.74, 6) is -2.93. The van der Waals surface area contributed by atoms with Gasteiger partial charge < -0.3 is 24.4 Å². The molecule has 4 aliphatic rings. The number of hydrogen-bond acceptors (Lipinski definition) is 6. The molecule has 0 radical (unpaired) electrons. The molecule has 0 bridgehead atoms. The first-order valence-electron chi connectivity index (χ1n) is 13.8. The van der Waals surface area contributed by atoms with Gasteiger partial charge in [0.15, 0.2) is 0 Å². The molecule has 2 saturated heterocycles. The highest BCUT2D eigenvalue weighted by molar-refractivity contribution is 6.06. The number of nitrogens with zero attached hydrogens (tertiary/aromatic N) is 2. The van der Waals surface area contributed by atoms with E-state index in [2.05, 4.69) is 0 Å². The zero-order valence-corrected chi connectivity index (χ0v) is 22.7. The van der Waals surface area contributed by atoms with E-state index in [1.807, 2.05) is 70.2 Å². The molecule has 38 heavy (non-hydrogen) atoms. The van der Waals surface area contributed by atoms with Gasteiger partial charge in [-0.1, -0.05) is 50.3 Å². The van der Waals surface area contributed by atoms with E-state index >= 15 is 0 Å². The van der Waals surface area contributed by atoms with Gasteiger partial charge in [-0.2, -0.15) is 0 Å². The molecule has 1 aromatic rings. The van der Waals surface area contributed by atoms with Crippen LogP contribution in [0.25, 0.3) is 0 Å². The van der Waals surface area contributed by atoms with E-state index < -0.39 is 41.1 Å². The Labute approximate surface area is 224 Å². The van der Waals surface area contributed by atoms with Crippen molar-refractivity contribution in [2.45, 2.75) is 76.7 Å². The van der Waals surface area contributed by atoms with Crippen molar-refractivity contribution in [3.63, 3.8) is 0 Å². The second-order valence-corrected chi connectivity index (χ2v) is 11.0. The van der Waals surface area contributed by atoms with Crippen LogP contribution in [0, 0.1) is 25.7 Å². The summed E-state index contributed by atoms with van der Waals surface area (Å²) < 4.78 is 12.6. The molecule has 0 aliphatic carbocycles. The lowest BCUT2D eigenvalue weighted by atomic mass is 9.73. The Morgan fingerprint density at radius 3 is 2.58 bits per heavy atom. The summed E-state index contributed by atoms with van der Waals surface area (Å²) in [5, 5.41) is 10.3. The number of rotatable bonds is 5. The summed E-state index contributed by atoms with van der Waals surface area (Å²) in [6.07, 6.45) is 9.96. The zero-order chi connectivity index (χ0) is 27.2. The molecular formula is C30H38N2O6. The van der Waals surface area contributed by atoms with Crippen molar-refractivity contribution in [3.8, 4) is 0 Å². The van der Waals surface area contributed by atoms with E-state index in [4.69, 9.17) is 9.47 Å². The summed E-state index contributed by atoms with van der Waals surface area (Å²) in [5.41, 5.74) is 0.287. The minimum atomic E-state index is -1.37. The molecule has 1 aromatic carbocycles. The summed E-state index contributed by atoms with van der Waals surface area (Å²) in [7, 11) is 0. The smallest absolute Gasteiger partial charge is 0.313 e. The number of carbonyl (C=O) groups is 3. The first kappa shape index (κ1) is 26.6. The monoisotopic (exact) mass is 522 g/mol. The molecule has 1 unspecified atom stereocenters. The maximum Gasteiger partial charge on any atom is 0.313 e. The van der Waals surface area contributed by atoms with Crippen molar-refractivity contribution in [3.05, 3.63) is 53.6 Å². The summed E-state index contributed by atoms with van der Waals surface area (Å²) in [6, 6.07) is 4.33. The molecule has 1 spiro atoms. The number of aliphatic hydroxyl groups excluding tert-OH is 1. The fourth-order valence-electron chi connectivity index (χ4n) is 6.85. The fraction of sp³-hybridized carbons (Fsp3) is 0.567. The van der Waals surface area contributed by atoms with Crippen molar-refractivity contribution >= 4 is 23.5 Å². The Balaban J connectivity index is 1.71. The zero-order valence-electron chi connectivity index (χ0n) is 22.7. The van der Waals surface area contributed by atoms with Crippen molar-refractivity contribution in [2.24, 2.45) is 11.8 Å². The molecule has 2 amide bonds. The topological polar surface area (TPSA) is 96.4 Å². The number of ether oxygens (including phenoxy) is 2. The van der Waals surface area contributed by atoms with E-state index in [0.717, 1.165) is 23.2 Å². The number of anilines is 1. The standard InChI is InChI=1S/C30H38N2O6/c1-5-21(18-33)32-25-27(35)31(22-17-19(3)11-12-20(22)4)15-10-14-30(25)23(26(32)34)24-28(36)37-16-9-7-8-13-29(24,6-2)38-30/h8,10-14,17,21,23-25,33H,5-7,9,15-16,18H2,1-4H3/b13-8-/t21-,23-,24-,25?,29+,30-/m0/s1. The van der Waals surface area contributed by atoms with E-state index in [9.17, 15) is 19.5 Å². The van der Waals surface area contributed by atoms with Crippen molar-refractivity contribution in [1.29, 1.82) is 0 Å². The minimum Gasteiger partial charge on any atom is -0.465 e. The Kier molecular flexibility index (Phi) is 6.99. The lowest BCUT2D eigenvalue weighted by molar-refractivity contribution is -0.161. The molecular weight excluding hydrogens is 484 g/mol. The lowest BCUT2D eigenvalue weighted by Crippen LogP contribution is -2.59. The third-order valence-corrected chi connectivity index (χ3v) is 8.80. The predicted octanol–water partition coefficient (Wildman–Crippen LogP) is 3.23. The fourth-order valence-corrected chi connectivity index (χ4v) is 6.85. The van der Waals surface area contributed by atoms with Crippen LogP contribution in [0.2, 0.25) is 0 Å². The van der Waals surface area contributed by atoms with Crippen LogP contribution in [0.4, 0.5) is 5.69 Å². The molecule has 1 N–H and O–H groups in total. The first-order chi connectivity index (χ1) is 18.2. The predicted molar refractivity (Wildman–Crippen MR) is 142 cm³/mol. The van der Waals surface area contributed by atoms with Crippen molar-refractivity contribution < 1.29 is 29.0 Å². The third-order valence-electron chi connectivity index (χ3n) is 8.80. The Morgan fingerprint density at radius 2 is 1.87 bits per heavy atom. The molecule has 0 saturated carbocycles. The van der Waals surface area contributed by atoms with Gasteiger partial charge in [-0.05, 0) is 56.7 Å². The number of hydrogen-bond donors (Lipinski definition) is 1. The van der Waals surface area contributed by atoms with Crippen LogP contribution in [-0.4, -0.2) is 70.8 Å². The average molecular weight is 523 g/mol. The van der Waals surface area contributed by atoms with E-state index in [-0.39, 0.29) is 25.0 Å². The SMILES string of the molecule is CC[C@@H](CO)N1C(=O)[C@@H]2[C@H]3C(=O)OCCC/C=C\[C@@]3(CC)O[C@@]23C=CCN(c2cc(C)ccc2C)C(=O)C13. The van der Waals surface area contributed by atoms with Gasteiger partial charge in [-0.25, -0.2) is 0 Å². The van der Waals surface area contributed by atoms with Gasteiger partial charge in [-0.15, -0.1) is 0 Å². The summed E-state index contributed by atoms with van der Waals surface area (Å²) in [4.78, 5) is 45.8. The Morgan fingerprint density at radius 1 is 1.08 bits per heavy atom. The number of benzene rings is 1. The quantitative estimate of drug-likeness (QED) is 0.471. The molecule has 2 fully saturated rings. The molecule has 5 rings (SSSR count). The number of aliphatic hydroxyl groups is 1. The Bertz CT molecular complexity index is 1190. The van der Waals surface area contributed by atoms with Crippen LogP contribution in [-0.2, 0) is 23.9 Å². The molecule has 4 aliphatic heterocycles. The number of carbonyl (C=O) groups excluding carboxylic acids is 3. The first-order valence-corrected chi connectivity index (χ1v) is 13.8. The average Bonchev–Trinajstić information content (AvgIpc) is 3.28. The van der Waals surface area contributed by atoms with Crippen molar-refractivity contribution in [2.75, 3.05) is 24.7 Å². The van der Waals surface area contributed by atoms with Gasteiger partial charge in [0.25, 0.3) is 5.91 Å². The number of aryl methyl sites for hydroxylation is 2. The van der Waals surface area contributed by atoms with Crippen LogP contribution < -0.4 is 4.90 Å². The van der Waals surface area contributed by atoms with Gasteiger partial charge in [0, 0.05) is 12.2 Å². The minimum absolute atomic E-state index is 0.268. The normalized spacial score (nSPS) is 34.4. The van der Waals surface area contributed by atoms with Crippen LogP contribution in [0.5, 0.6) is 0 Å². The number of amides is 2. The van der Waals surface area contributed by atoms with Crippen molar-refractivity contribution in [1.82, 2.24) is 4.90 Å². The number of allylic oxidation sites excluding steroid dienone is 1. The number of fused-ring (bicyclic) bond motifs is 2. The number of esters is 1. The van der Waals surface area contributed by atoms with Gasteiger partial charge in [-0.3, -0.25) is 14.4 Å². The third kappa shape index (κ3) is 3.83. The van der Waals surface area contributed by atoms with Crippen LogP contribution >= 0.6 is 0 Å². The number of cyclic esters (lactones) is 1. The Hall–Kier alpha value is -2.97. The van der Waals surface area contributed by atoms with Gasteiger partial charge in [0.1, 0.15) is 23.2 Å². The van der Waals surface area contributed by atoms with Crippen LogP contribution in [0.15, 0.2) is 42.5 Å². The molecule has 0 aromatic heterocycles. The molecule has 8 nitrogen and oxygen atoms in total. The molecule has 6 atom stereocenters. The second kappa shape index (κ2) is 9.97. The van der Waals surface area contributed by atoms with E-state index in [1.165, 1.54) is 4.90 Å². The van der Waals surface area contributed by atoms with Crippen LogP contribution in [0.1, 0.15) is 50.7 Å². The van der Waals surface area contributed by atoms with Gasteiger partial charge in [0.2, 0.25) is 5.91 Å². The largest absolute Gasteiger partial charge is 0.465 e. The lowest BCUT2D eigenvalue weighted by Gasteiger charge is -2.40. The maximum atomic E-state index is 14.6. The van der Waals surface area contributed by atoms with Gasteiger partial charge >= 0.3 is 5.97 Å². The second-order valence-electron chi connectivity index (χ2n) is 11.0. The van der Waals surface area contributed by atoms with E-state index in [1.54, 1.807) is 4.90 Å². The maximum absolute atomic E-state index is 14.6. The van der Waals surface area contributed by atoms with E-state index in [0.29, 0.717) is 25.8 Å². The highest BCUT2D eigenvalue weighted by atomic mass is 16.6. The highest BCUT2D eigenvalue weighted by Crippen LogP contribution is 2.58. The molecule has 204 valence electrons. The number of likely N-dealkylation sites (tertiary alicyclic amines) is 1. The molecule has 8 heteroatoms. The highest BCUT2D eigenvalue weighted by Gasteiger charge is 2.75. The van der Waals surface area contributed by atoms with Gasteiger partial charge in [0.05, 0.1) is 25.2 Å².